The van der Waals surface area contributed by atoms with Crippen molar-refractivity contribution in [2.45, 2.75) is 32.4 Å². The molecule has 1 aliphatic heterocycles. The second-order valence-corrected chi connectivity index (χ2v) is 9.82. The highest BCUT2D eigenvalue weighted by molar-refractivity contribution is 7.80. The predicted octanol–water partition coefficient (Wildman–Crippen LogP) is 5.50. The maximum atomic E-state index is 13.0. The van der Waals surface area contributed by atoms with Crippen molar-refractivity contribution < 1.29 is 9.53 Å². The van der Waals surface area contributed by atoms with E-state index in [0.29, 0.717) is 18.1 Å². The Morgan fingerprint density at radius 2 is 1.89 bits per heavy atom. The van der Waals surface area contributed by atoms with Crippen LogP contribution in [-0.4, -0.2) is 39.1 Å². The Bertz CT molecular complexity index is 1430. The summed E-state index contributed by atoms with van der Waals surface area (Å²) in [7, 11) is 1.66. The highest BCUT2D eigenvalue weighted by atomic mass is 32.1. The van der Waals surface area contributed by atoms with Gasteiger partial charge in [0.25, 0.3) is 0 Å². The largest absolute Gasteiger partial charge is 0.497 e. The molecule has 5 rings (SSSR count). The first-order valence-corrected chi connectivity index (χ1v) is 13.0. The minimum atomic E-state index is -0.169. The number of pyridine rings is 1. The summed E-state index contributed by atoms with van der Waals surface area (Å²) in [5.74, 6) is 0.751. The van der Waals surface area contributed by atoms with Gasteiger partial charge in [0.1, 0.15) is 5.75 Å². The fraction of sp³-hybridized carbons (Fsp3) is 0.233. The number of nitrogens with zero attached hydrogens (tertiary/aromatic N) is 3. The van der Waals surface area contributed by atoms with Crippen molar-refractivity contribution in [1.82, 2.24) is 19.8 Å². The molecule has 0 bridgehead atoms. The molecular formula is C30H31N5O2S. The van der Waals surface area contributed by atoms with Gasteiger partial charge in [0.05, 0.1) is 24.9 Å². The lowest BCUT2D eigenvalue weighted by atomic mass is 10.0. The molecule has 2 aromatic carbocycles. The molecule has 0 saturated carbocycles. The fourth-order valence-electron chi connectivity index (χ4n) is 4.89. The quantitative estimate of drug-likeness (QED) is 0.296. The van der Waals surface area contributed by atoms with Gasteiger partial charge < -0.3 is 24.8 Å². The van der Waals surface area contributed by atoms with Gasteiger partial charge in [0.15, 0.2) is 5.11 Å². The average Bonchev–Trinajstić information content (AvgIpc) is 3.54. The number of methoxy groups -OCH3 is 1. The maximum absolute atomic E-state index is 13.0. The van der Waals surface area contributed by atoms with Crippen LogP contribution in [0.2, 0.25) is 0 Å². The highest BCUT2D eigenvalue weighted by Crippen LogP contribution is 2.39. The molecule has 2 aromatic heterocycles. The zero-order valence-electron chi connectivity index (χ0n) is 21.7. The average molecular weight is 526 g/mol. The van der Waals surface area contributed by atoms with E-state index >= 15 is 0 Å². The number of rotatable bonds is 8. The minimum Gasteiger partial charge on any atom is -0.497 e. The number of benzene rings is 2. The topological polar surface area (TPSA) is 71.4 Å². The Labute approximate surface area is 228 Å². The van der Waals surface area contributed by atoms with Crippen LogP contribution in [0, 0.1) is 13.8 Å². The highest BCUT2D eigenvalue weighted by Gasteiger charge is 2.41. The Morgan fingerprint density at radius 1 is 1.08 bits per heavy atom. The molecule has 4 aromatic rings. The van der Waals surface area contributed by atoms with Crippen LogP contribution in [0.15, 0.2) is 85.2 Å². The molecule has 0 spiro atoms. The summed E-state index contributed by atoms with van der Waals surface area (Å²) in [6.07, 6.45) is 4.13. The zero-order chi connectivity index (χ0) is 26.6. The van der Waals surface area contributed by atoms with Crippen LogP contribution in [0.4, 0.5) is 5.69 Å². The standard InChI is InChI=1S/C30H31N5O2S/c1-20-9-10-21(2)25(19-20)32-27(36)15-18-35-29(28(33-30(35)38)24-7-4-5-16-31-24)26-8-6-17-34(26)22-11-13-23(37-3)14-12-22/h4-14,16-17,19,28-29H,15,18H2,1-3H3,(H,32,36)(H,33,38)/t28-,29-/m0/s1. The number of hydrogen-bond acceptors (Lipinski definition) is 4. The predicted molar refractivity (Wildman–Crippen MR) is 154 cm³/mol. The van der Waals surface area contributed by atoms with E-state index in [9.17, 15) is 4.79 Å². The monoisotopic (exact) mass is 525 g/mol. The van der Waals surface area contributed by atoms with Crippen LogP contribution in [0.25, 0.3) is 5.69 Å². The summed E-state index contributed by atoms with van der Waals surface area (Å²) >= 11 is 5.81. The SMILES string of the molecule is COc1ccc(-n2cccc2[C@H]2[C@H](c3ccccn3)NC(=S)N2CCC(=O)Nc2cc(C)ccc2C)cc1. The van der Waals surface area contributed by atoms with Gasteiger partial charge >= 0.3 is 0 Å². The number of amides is 1. The molecule has 7 nitrogen and oxygen atoms in total. The molecule has 1 fully saturated rings. The van der Waals surface area contributed by atoms with Crippen LogP contribution >= 0.6 is 12.2 Å². The van der Waals surface area contributed by atoms with Gasteiger partial charge in [-0.1, -0.05) is 18.2 Å². The molecule has 2 atom stereocenters. The summed E-state index contributed by atoms with van der Waals surface area (Å²) in [4.78, 5) is 19.7. The van der Waals surface area contributed by atoms with Gasteiger partial charge in [-0.2, -0.15) is 0 Å². The van der Waals surface area contributed by atoms with Crippen LogP contribution in [0.1, 0.15) is 41.0 Å². The van der Waals surface area contributed by atoms with Crippen LogP contribution in [-0.2, 0) is 4.79 Å². The van der Waals surface area contributed by atoms with E-state index in [4.69, 9.17) is 17.0 Å². The molecule has 1 aliphatic rings. The Morgan fingerprint density at radius 3 is 2.63 bits per heavy atom. The third kappa shape index (κ3) is 5.26. The summed E-state index contributed by atoms with van der Waals surface area (Å²) in [6, 6.07) is 23.7. The van der Waals surface area contributed by atoms with E-state index in [1.807, 2.05) is 86.8 Å². The number of thiocarbonyl (C=S) groups is 1. The Balaban J connectivity index is 1.43. The van der Waals surface area contributed by atoms with E-state index in [0.717, 1.165) is 39.6 Å². The molecular weight excluding hydrogens is 494 g/mol. The molecule has 2 N–H and O–H groups in total. The summed E-state index contributed by atoms with van der Waals surface area (Å²) in [5, 5.41) is 7.15. The van der Waals surface area contributed by atoms with E-state index in [1.165, 1.54) is 0 Å². The van der Waals surface area contributed by atoms with Crippen molar-refractivity contribution in [3.63, 3.8) is 0 Å². The Hall–Kier alpha value is -4.17. The molecule has 1 amide bonds. The number of aromatic nitrogens is 2. The summed E-state index contributed by atoms with van der Waals surface area (Å²) in [5.41, 5.74) is 5.93. The molecule has 0 unspecified atom stereocenters. The van der Waals surface area contributed by atoms with E-state index in [-0.39, 0.29) is 18.0 Å². The summed E-state index contributed by atoms with van der Waals surface area (Å²) in [6.45, 7) is 4.48. The van der Waals surface area contributed by atoms with Crippen LogP contribution in [0.5, 0.6) is 5.75 Å². The first-order chi connectivity index (χ1) is 18.4. The lowest BCUT2D eigenvalue weighted by Gasteiger charge is -2.29. The van der Waals surface area contributed by atoms with E-state index in [2.05, 4.69) is 31.2 Å². The van der Waals surface area contributed by atoms with Gasteiger partial charge in [-0.3, -0.25) is 9.78 Å². The van der Waals surface area contributed by atoms with Crippen molar-refractivity contribution in [2.24, 2.45) is 0 Å². The second kappa shape index (κ2) is 11.1. The lowest BCUT2D eigenvalue weighted by Crippen LogP contribution is -2.33. The van der Waals surface area contributed by atoms with Crippen molar-refractivity contribution in [3.8, 4) is 11.4 Å². The van der Waals surface area contributed by atoms with Crippen LogP contribution in [0.3, 0.4) is 0 Å². The van der Waals surface area contributed by atoms with Gasteiger partial charge in [-0.15, -0.1) is 0 Å². The first-order valence-electron chi connectivity index (χ1n) is 12.6. The van der Waals surface area contributed by atoms with E-state index in [1.54, 1.807) is 13.3 Å². The Kier molecular flexibility index (Phi) is 7.42. The zero-order valence-corrected chi connectivity index (χ0v) is 22.5. The van der Waals surface area contributed by atoms with Crippen molar-refractivity contribution >= 4 is 28.9 Å². The molecule has 0 radical (unpaired) electrons. The number of ether oxygens (including phenoxy) is 1. The van der Waals surface area contributed by atoms with E-state index < -0.39 is 0 Å². The summed E-state index contributed by atoms with van der Waals surface area (Å²) < 4.78 is 7.49. The lowest BCUT2D eigenvalue weighted by molar-refractivity contribution is -0.116. The fourth-order valence-corrected chi connectivity index (χ4v) is 5.22. The van der Waals surface area contributed by atoms with Crippen molar-refractivity contribution in [3.05, 3.63) is 108 Å². The number of hydrogen-bond donors (Lipinski definition) is 2. The molecule has 1 saturated heterocycles. The van der Waals surface area contributed by atoms with Gasteiger partial charge in [0.2, 0.25) is 5.91 Å². The second-order valence-electron chi connectivity index (χ2n) is 9.44. The number of anilines is 1. The van der Waals surface area contributed by atoms with Crippen molar-refractivity contribution in [1.29, 1.82) is 0 Å². The molecule has 8 heteroatoms. The maximum Gasteiger partial charge on any atom is 0.226 e. The van der Waals surface area contributed by atoms with Crippen LogP contribution < -0.4 is 15.4 Å². The van der Waals surface area contributed by atoms with Gasteiger partial charge in [0, 0.05) is 42.4 Å². The first kappa shape index (κ1) is 25.5. The van der Waals surface area contributed by atoms with Crippen molar-refractivity contribution in [2.75, 3.05) is 19.0 Å². The number of carbonyl (C=O) groups excluding carboxylic acids is 1. The third-order valence-corrected chi connectivity index (χ3v) is 7.23. The molecule has 0 aliphatic carbocycles. The minimum absolute atomic E-state index is 0.0490. The number of carbonyl (C=O) groups is 1. The van der Waals surface area contributed by atoms with Gasteiger partial charge in [-0.05, 0) is 91.8 Å². The molecule has 38 heavy (non-hydrogen) atoms. The van der Waals surface area contributed by atoms with Gasteiger partial charge in [-0.25, -0.2) is 0 Å². The number of aryl methyl sites for hydroxylation is 2. The number of nitrogens with one attached hydrogen (secondary N) is 2. The molecule has 194 valence electrons. The smallest absolute Gasteiger partial charge is 0.226 e. The normalized spacial score (nSPS) is 16.8. The third-order valence-electron chi connectivity index (χ3n) is 6.88. The molecule has 3 heterocycles.